The summed E-state index contributed by atoms with van der Waals surface area (Å²) in [6.45, 7) is 8.90. The minimum absolute atomic E-state index is 0.131. The maximum Gasteiger partial charge on any atom is 0.125 e. The maximum atomic E-state index is 6.44. The second kappa shape index (κ2) is 4.58. The van der Waals surface area contributed by atoms with E-state index >= 15 is 0 Å². The van der Waals surface area contributed by atoms with Crippen LogP contribution in [-0.4, -0.2) is 7.11 Å². The molecule has 1 aliphatic rings. The molecular weight excluding hydrogens is 222 g/mol. The summed E-state index contributed by atoms with van der Waals surface area (Å²) < 4.78 is 5.53. The van der Waals surface area contributed by atoms with E-state index in [0.29, 0.717) is 5.41 Å². The van der Waals surface area contributed by atoms with Gasteiger partial charge in [0.2, 0.25) is 0 Å². The van der Waals surface area contributed by atoms with E-state index in [0.717, 1.165) is 18.6 Å². The minimum Gasteiger partial charge on any atom is -0.496 e. The van der Waals surface area contributed by atoms with Crippen LogP contribution >= 0.6 is 0 Å². The molecule has 2 heteroatoms. The van der Waals surface area contributed by atoms with E-state index in [2.05, 4.69) is 33.8 Å². The van der Waals surface area contributed by atoms with Crippen molar-refractivity contribution in [3.63, 3.8) is 0 Å². The van der Waals surface area contributed by atoms with Gasteiger partial charge in [-0.3, -0.25) is 0 Å². The molecule has 2 N–H and O–H groups in total. The standard InChI is InChI=1S/C16H25NO/c1-10-8-12-6-7-16(3,4)9-13(17)14(12)11(2)15(10)18-5/h8,13H,6-7,9,17H2,1-5H3. The molecule has 1 aromatic rings. The van der Waals surface area contributed by atoms with Crippen LogP contribution < -0.4 is 10.5 Å². The Balaban J connectivity index is 2.56. The van der Waals surface area contributed by atoms with Gasteiger partial charge in [-0.25, -0.2) is 0 Å². The SMILES string of the molecule is COc1c(C)cc2c(c1C)C(N)CC(C)(C)CC2. The molecule has 0 amide bonds. The first-order valence-corrected chi connectivity index (χ1v) is 6.78. The molecule has 100 valence electrons. The van der Waals surface area contributed by atoms with E-state index in [-0.39, 0.29) is 6.04 Å². The molecule has 0 spiro atoms. The second-order valence-corrected chi connectivity index (χ2v) is 6.40. The molecule has 0 bridgehead atoms. The number of hydrogen-bond donors (Lipinski definition) is 1. The lowest BCUT2D eigenvalue weighted by molar-refractivity contribution is 0.293. The molecule has 0 aromatic heterocycles. The van der Waals surface area contributed by atoms with Gasteiger partial charge in [0.25, 0.3) is 0 Å². The number of nitrogens with two attached hydrogens (primary N) is 1. The van der Waals surface area contributed by atoms with Crippen molar-refractivity contribution in [2.24, 2.45) is 11.1 Å². The molecule has 1 unspecified atom stereocenters. The lowest BCUT2D eigenvalue weighted by Gasteiger charge is -2.25. The monoisotopic (exact) mass is 247 g/mol. The molecular formula is C16H25NO. The highest BCUT2D eigenvalue weighted by atomic mass is 16.5. The molecule has 0 aliphatic heterocycles. The van der Waals surface area contributed by atoms with Gasteiger partial charge in [-0.05, 0) is 60.8 Å². The zero-order valence-corrected chi connectivity index (χ0v) is 12.3. The van der Waals surface area contributed by atoms with Crippen molar-refractivity contribution in [2.45, 2.75) is 53.0 Å². The molecule has 2 nitrogen and oxygen atoms in total. The highest BCUT2D eigenvalue weighted by Gasteiger charge is 2.29. The average molecular weight is 247 g/mol. The number of hydrogen-bond acceptors (Lipinski definition) is 2. The smallest absolute Gasteiger partial charge is 0.125 e. The molecule has 0 heterocycles. The molecule has 0 saturated carbocycles. The number of benzene rings is 1. The summed E-state index contributed by atoms with van der Waals surface area (Å²) in [6.07, 6.45) is 3.38. The number of ether oxygens (including phenoxy) is 1. The van der Waals surface area contributed by atoms with Crippen LogP contribution in [0.5, 0.6) is 5.75 Å². The third kappa shape index (κ3) is 2.26. The predicted octanol–water partition coefficient (Wildman–Crippen LogP) is 3.67. The van der Waals surface area contributed by atoms with Gasteiger partial charge < -0.3 is 10.5 Å². The normalized spacial score (nSPS) is 22.2. The van der Waals surface area contributed by atoms with Crippen molar-refractivity contribution < 1.29 is 4.74 Å². The van der Waals surface area contributed by atoms with Gasteiger partial charge in [-0.15, -0.1) is 0 Å². The largest absolute Gasteiger partial charge is 0.496 e. The molecule has 1 atom stereocenters. The highest BCUT2D eigenvalue weighted by molar-refractivity contribution is 5.51. The third-order valence-electron chi connectivity index (χ3n) is 4.26. The predicted molar refractivity (Wildman–Crippen MR) is 76.1 cm³/mol. The zero-order chi connectivity index (χ0) is 13.5. The van der Waals surface area contributed by atoms with Gasteiger partial charge in [0, 0.05) is 6.04 Å². The molecule has 1 aromatic carbocycles. The van der Waals surface area contributed by atoms with E-state index in [4.69, 9.17) is 10.5 Å². The van der Waals surface area contributed by atoms with Crippen molar-refractivity contribution in [1.29, 1.82) is 0 Å². The molecule has 18 heavy (non-hydrogen) atoms. The van der Waals surface area contributed by atoms with Crippen LogP contribution in [0.4, 0.5) is 0 Å². The summed E-state index contributed by atoms with van der Waals surface area (Å²) in [4.78, 5) is 0. The molecule has 2 rings (SSSR count). The number of aryl methyl sites for hydroxylation is 2. The Morgan fingerprint density at radius 1 is 1.33 bits per heavy atom. The summed E-state index contributed by atoms with van der Waals surface area (Å²) >= 11 is 0. The van der Waals surface area contributed by atoms with E-state index in [9.17, 15) is 0 Å². The van der Waals surface area contributed by atoms with Crippen molar-refractivity contribution >= 4 is 0 Å². The summed E-state index contributed by atoms with van der Waals surface area (Å²) in [6, 6.07) is 2.40. The fourth-order valence-electron chi connectivity index (χ4n) is 3.37. The van der Waals surface area contributed by atoms with Crippen LogP contribution in [0, 0.1) is 19.3 Å². The Morgan fingerprint density at radius 2 is 2.00 bits per heavy atom. The van der Waals surface area contributed by atoms with Gasteiger partial charge in [-0.1, -0.05) is 19.9 Å². The van der Waals surface area contributed by atoms with Crippen LogP contribution in [0.15, 0.2) is 6.07 Å². The van der Waals surface area contributed by atoms with E-state index in [1.54, 1.807) is 7.11 Å². The van der Waals surface area contributed by atoms with Crippen molar-refractivity contribution in [1.82, 2.24) is 0 Å². The Hall–Kier alpha value is -1.02. The first-order valence-electron chi connectivity index (χ1n) is 6.78. The summed E-state index contributed by atoms with van der Waals surface area (Å²) in [7, 11) is 1.74. The number of rotatable bonds is 1. The lowest BCUT2D eigenvalue weighted by Crippen LogP contribution is -2.20. The highest BCUT2D eigenvalue weighted by Crippen LogP contribution is 2.42. The summed E-state index contributed by atoms with van der Waals surface area (Å²) in [5.41, 5.74) is 12.0. The van der Waals surface area contributed by atoms with Gasteiger partial charge in [0.05, 0.1) is 7.11 Å². The molecule has 0 saturated heterocycles. The fraction of sp³-hybridized carbons (Fsp3) is 0.625. The summed E-state index contributed by atoms with van der Waals surface area (Å²) in [5.74, 6) is 1.00. The Kier molecular flexibility index (Phi) is 3.41. The van der Waals surface area contributed by atoms with Crippen LogP contribution in [0.3, 0.4) is 0 Å². The third-order valence-corrected chi connectivity index (χ3v) is 4.26. The fourth-order valence-corrected chi connectivity index (χ4v) is 3.37. The molecule has 0 radical (unpaired) electrons. The van der Waals surface area contributed by atoms with Gasteiger partial charge >= 0.3 is 0 Å². The molecule has 0 fully saturated rings. The van der Waals surface area contributed by atoms with Crippen molar-refractivity contribution in [3.05, 3.63) is 28.3 Å². The first-order chi connectivity index (χ1) is 8.35. The van der Waals surface area contributed by atoms with Crippen LogP contribution in [-0.2, 0) is 6.42 Å². The number of fused-ring (bicyclic) bond motifs is 1. The topological polar surface area (TPSA) is 35.2 Å². The Labute approximate surface area is 111 Å². The quantitative estimate of drug-likeness (QED) is 0.768. The Bertz CT molecular complexity index is 463. The zero-order valence-electron chi connectivity index (χ0n) is 12.3. The van der Waals surface area contributed by atoms with Crippen molar-refractivity contribution in [3.8, 4) is 5.75 Å². The van der Waals surface area contributed by atoms with Crippen molar-refractivity contribution in [2.75, 3.05) is 7.11 Å². The number of methoxy groups -OCH3 is 1. The maximum absolute atomic E-state index is 6.44. The van der Waals surface area contributed by atoms with Crippen LogP contribution in [0.2, 0.25) is 0 Å². The van der Waals surface area contributed by atoms with Gasteiger partial charge in [-0.2, -0.15) is 0 Å². The molecule has 1 aliphatic carbocycles. The minimum atomic E-state index is 0.131. The van der Waals surface area contributed by atoms with Crippen LogP contribution in [0.1, 0.15) is 55.0 Å². The van der Waals surface area contributed by atoms with Gasteiger partial charge in [0.1, 0.15) is 5.75 Å². The summed E-state index contributed by atoms with van der Waals surface area (Å²) in [5, 5.41) is 0. The first kappa shape index (κ1) is 13.4. The van der Waals surface area contributed by atoms with E-state index in [1.165, 1.54) is 28.7 Å². The van der Waals surface area contributed by atoms with E-state index in [1.807, 2.05) is 0 Å². The van der Waals surface area contributed by atoms with Gasteiger partial charge in [0.15, 0.2) is 0 Å². The second-order valence-electron chi connectivity index (χ2n) is 6.40. The average Bonchev–Trinajstić information content (AvgIpc) is 2.35. The lowest BCUT2D eigenvalue weighted by atomic mass is 9.83. The van der Waals surface area contributed by atoms with Crippen LogP contribution in [0.25, 0.3) is 0 Å². The van der Waals surface area contributed by atoms with E-state index < -0.39 is 0 Å². The Morgan fingerprint density at radius 3 is 2.61 bits per heavy atom.